The molecule has 1 aromatic rings. The third-order valence-electron chi connectivity index (χ3n) is 3.97. The summed E-state index contributed by atoms with van der Waals surface area (Å²) in [6.45, 7) is 4.37. The van der Waals surface area contributed by atoms with E-state index in [1.807, 2.05) is 6.92 Å². The molecule has 1 saturated carbocycles. The zero-order valence-corrected chi connectivity index (χ0v) is 11.9. The first-order chi connectivity index (χ1) is 9.48. The molecule has 1 aliphatic rings. The van der Waals surface area contributed by atoms with E-state index in [2.05, 4.69) is 6.92 Å². The van der Waals surface area contributed by atoms with Crippen LogP contribution in [0.4, 0.5) is 8.78 Å². The van der Waals surface area contributed by atoms with Crippen molar-refractivity contribution in [1.29, 1.82) is 0 Å². The van der Waals surface area contributed by atoms with E-state index in [4.69, 9.17) is 4.74 Å². The van der Waals surface area contributed by atoms with Crippen LogP contribution in [0.2, 0.25) is 0 Å². The number of rotatable bonds is 4. The van der Waals surface area contributed by atoms with E-state index in [0.717, 1.165) is 25.0 Å². The van der Waals surface area contributed by atoms with E-state index in [-0.39, 0.29) is 11.3 Å². The number of ether oxygens (including phenoxy) is 1. The van der Waals surface area contributed by atoms with Crippen molar-refractivity contribution in [2.45, 2.75) is 45.1 Å². The number of halogens is 2. The molecule has 4 heteroatoms. The van der Waals surface area contributed by atoms with Crippen molar-refractivity contribution in [2.75, 3.05) is 6.61 Å². The van der Waals surface area contributed by atoms with Crippen molar-refractivity contribution in [1.82, 2.24) is 0 Å². The molecule has 2 atom stereocenters. The third-order valence-corrected chi connectivity index (χ3v) is 3.97. The summed E-state index contributed by atoms with van der Waals surface area (Å²) < 4.78 is 32.1. The summed E-state index contributed by atoms with van der Waals surface area (Å²) >= 11 is 0. The number of carbonyl (C=O) groups is 1. The number of hydrogen-bond donors (Lipinski definition) is 0. The van der Waals surface area contributed by atoms with Gasteiger partial charge < -0.3 is 4.74 Å². The molecule has 0 radical (unpaired) electrons. The summed E-state index contributed by atoms with van der Waals surface area (Å²) in [5.74, 6) is -1.77. The van der Waals surface area contributed by atoms with Crippen LogP contribution >= 0.6 is 0 Å². The maximum atomic E-state index is 13.3. The Labute approximate surface area is 118 Å². The van der Waals surface area contributed by atoms with E-state index < -0.39 is 17.2 Å². The van der Waals surface area contributed by atoms with Crippen LogP contribution in [0.15, 0.2) is 18.2 Å². The Morgan fingerprint density at radius 1 is 1.40 bits per heavy atom. The molecule has 1 aliphatic carbocycles. The Morgan fingerprint density at radius 2 is 2.15 bits per heavy atom. The lowest BCUT2D eigenvalue weighted by Gasteiger charge is -2.38. The summed E-state index contributed by atoms with van der Waals surface area (Å²) in [5, 5.41) is 0. The fourth-order valence-corrected chi connectivity index (χ4v) is 3.08. The predicted molar refractivity (Wildman–Crippen MR) is 72.7 cm³/mol. The maximum absolute atomic E-state index is 13.3. The Kier molecular flexibility index (Phi) is 4.53. The molecule has 2 nitrogen and oxygen atoms in total. The molecule has 20 heavy (non-hydrogen) atoms. The Bertz CT molecular complexity index is 497. The number of carbonyl (C=O) groups excluding carboxylic acids is 1. The summed E-state index contributed by atoms with van der Waals surface area (Å²) in [7, 11) is 0. The van der Waals surface area contributed by atoms with Gasteiger partial charge in [-0.25, -0.2) is 8.78 Å². The standard InChI is InChI=1S/C16H20F2O2/c1-3-20-16(8-4-5-11(2)10-16)15(19)12-6-7-13(17)14(18)9-12/h6-7,9,11H,3-5,8,10H2,1-2H3. The van der Waals surface area contributed by atoms with Gasteiger partial charge in [-0.05, 0) is 50.3 Å². The van der Waals surface area contributed by atoms with Gasteiger partial charge in [0.15, 0.2) is 17.4 Å². The van der Waals surface area contributed by atoms with Gasteiger partial charge in [0.25, 0.3) is 0 Å². The second-order valence-corrected chi connectivity index (χ2v) is 5.59. The van der Waals surface area contributed by atoms with Crippen LogP contribution in [-0.2, 0) is 4.74 Å². The lowest BCUT2D eigenvalue weighted by atomic mass is 9.75. The molecular weight excluding hydrogens is 262 g/mol. The summed E-state index contributed by atoms with van der Waals surface area (Å²) in [4.78, 5) is 12.7. The van der Waals surface area contributed by atoms with Gasteiger partial charge in [0.05, 0.1) is 0 Å². The minimum absolute atomic E-state index is 0.187. The second kappa shape index (κ2) is 6.00. The molecule has 2 unspecified atom stereocenters. The van der Waals surface area contributed by atoms with Crippen molar-refractivity contribution in [3.8, 4) is 0 Å². The van der Waals surface area contributed by atoms with Gasteiger partial charge >= 0.3 is 0 Å². The van der Waals surface area contributed by atoms with Crippen LogP contribution in [0.1, 0.15) is 49.9 Å². The highest BCUT2D eigenvalue weighted by Crippen LogP contribution is 2.37. The molecule has 0 aromatic heterocycles. The minimum Gasteiger partial charge on any atom is -0.367 e. The SMILES string of the molecule is CCOC1(C(=O)c2ccc(F)c(F)c2)CCCC(C)C1. The van der Waals surface area contributed by atoms with Gasteiger partial charge in [0.1, 0.15) is 5.60 Å². The van der Waals surface area contributed by atoms with Crippen molar-refractivity contribution < 1.29 is 18.3 Å². The zero-order valence-electron chi connectivity index (χ0n) is 11.9. The van der Waals surface area contributed by atoms with Crippen molar-refractivity contribution in [3.05, 3.63) is 35.4 Å². The number of ketones is 1. The molecule has 110 valence electrons. The fraction of sp³-hybridized carbons (Fsp3) is 0.562. The summed E-state index contributed by atoms with van der Waals surface area (Å²) in [6, 6.07) is 3.30. The Morgan fingerprint density at radius 3 is 2.75 bits per heavy atom. The first-order valence-corrected chi connectivity index (χ1v) is 7.12. The van der Waals surface area contributed by atoms with E-state index in [0.29, 0.717) is 25.4 Å². The lowest BCUT2D eigenvalue weighted by molar-refractivity contribution is -0.0511. The van der Waals surface area contributed by atoms with E-state index in [1.54, 1.807) is 0 Å². The molecule has 0 spiro atoms. The highest BCUT2D eigenvalue weighted by atomic mass is 19.2. The van der Waals surface area contributed by atoms with Crippen molar-refractivity contribution >= 4 is 5.78 Å². The normalized spacial score (nSPS) is 26.5. The van der Waals surface area contributed by atoms with Gasteiger partial charge in [-0.3, -0.25) is 4.79 Å². The molecule has 1 fully saturated rings. The highest BCUT2D eigenvalue weighted by molar-refractivity contribution is 6.02. The lowest BCUT2D eigenvalue weighted by Crippen LogP contribution is -2.45. The molecule has 2 rings (SSSR count). The van der Waals surface area contributed by atoms with Crippen molar-refractivity contribution in [3.63, 3.8) is 0 Å². The fourth-order valence-electron chi connectivity index (χ4n) is 3.08. The van der Waals surface area contributed by atoms with E-state index >= 15 is 0 Å². The first kappa shape index (κ1) is 15.1. The average molecular weight is 282 g/mol. The van der Waals surface area contributed by atoms with Crippen LogP contribution in [0.5, 0.6) is 0 Å². The maximum Gasteiger partial charge on any atom is 0.194 e. The number of Topliss-reactive ketones (excluding diaryl/α,β-unsaturated/α-hetero) is 1. The van der Waals surface area contributed by atoms with E-state index in [9.17, 15) is 13.6 Å². The van der Waals surface area contributed by atoms with Gasteiger partial charge in [0, 0.05) is 12.2 Å². The Hall–Kier alpha value is -1.29. The smallest absolute Gasteiger partial charge is 0.194 e. The summed E-state index contributed by atoms with van der Waals surface area (Å²) in [6.07, 6.45) is 3.26. The third kappa shape index (κ3) is 2.90. The molecule has 0 aliphatic heterocycles. The number of hydrogen-bond acceptors (Lipinski definition) is 2. The quantitative estimate of drug-likeness (QED) is 0.776. The average Bonchev–Trinajstić information content (AvgIpc) is 2.41. The van der Waals surface area contributed by atoms with Crippen LogP contribution in [-0.4, -0.2) is 18.0 Å². The zero-order chi connectivity index (χ0) is 14.8. The van der Waals surface area contributed by atoms with Crippen LogP contribution in [0.3, 0.4) is 0 Å². The molecule has 0 N–H and O–H groups in total. The van der Waals surface area contributed by atoms with Crippen molar-refractivity contribution in [2.24, 2.45) is 5.92 Å². The van der Waals surface area contributed by atoms with Crippen LogP contribution < -0.4 is 0 Å². The molecule has 0 heterocycles. The van der Waals surface area contributed by atoms with Gasteiger partial charge in [0.2, 0.25) is 0 Å². The Balaban J connectivity index is 2.33. The van der Waals surface area contributed by atoms with Crippen LogP contribution in [0.25, 0.3) is 0 Å². The highest BCUT2D eigenvalue weighted by Gasteiger charge is 2.42. The predicted octanol–water partition coefficient (Wildman–Crippen LogP) is 4.13. The first-order valence-electron chi connectivity index (χ1n) is 7.12. The molecular formula is C16H20F2O2. The van der Waals surface area contributed by atoms with Gasteiger partial charge in [-0.2, -0.15) is 0 Å². The molecule has 1 aromatic carbocycles. The topological polar surface area (TPSA) is 26.3 Å². The molecule has 0 saturated heterocycles. The number of benzene rings is 1. The monoisotopic (exact) mass is 282 g/mol. The second-order valence-electron chi connectivity index (χ2n) is 5.59. The summed E-state index contributed by atoms with van der Waals surface area (Å²) in [5.41, 5.74) is -0.692. The van der Waals surface area contributed by atoms with Crippen LogP contribution in [0, 0.1) is 17.6 Å². The molecule has 0 bridgehead atoms. The van der Waals surface area contributed by atoms with E-state index in [1.165, 1.54) is 6.07 Å². The largest absolute Gasteiger partial charge is 0.367 e. The van der Waals surface area contributed by atoms with Gasteiger partial charge in [-0.15, -0.1) is 0 Å². The minimum atomic E-state index is -0.994. The molecule has 0 amide bonds. The van der Waals surface area contributed by atoms with Gasteiger partial charge in [-0.1, -0.05) is 13.3 Å².